The molecular weight excluding hydrogens is 344 g/mol. The first-order valence-electron chi connectivity index (χ1n) is 8.17. The van der Waals surface area contributed by atoms with Crippen molar-refractivity contribution in [1.29, 1.82) is 0 Å². The van der Waals surface area contributed by atoms with Crippen LogP contribution in [0, 0.1) is 0 Å². The Balaban J connectivity index is 1.74. The highest BCUT2D eigenvalue weighted by atomic mass is 35.5. The Kier molecular flexibility index (Phi) is 5.89. The number of halogens is 1. The van der Waals surface area contributed by atoms with Gasteiger partial charge in [-0.25, -0.2) is 0 Å². The minimum absolute atomic E-state index is 0.0277. The molecule has 0 radical (unpaired) electrons. The third-order valence-corrected chi connectivity index (χ3v) is 5.60. The van der Waals surface area contributed by atoms with Crippen LogP contribution in [0.3, 0.4) is 0 Å². The smallest absolute Gasteiger partial charge is 0.251 e. The first-order valence-corrected chi connectivity index (χ1v) is 9.43. The summed E-state index contributed by atoms with van der Waals surface area (Å²) in [6.07, 6.45) is 0. The first kappa shape index (κ1) is 17.4. The van der Waals surface area contributed by atoms with Crippen LogP contribution in [0.15, 0.2) is 41.8 Å². The topological polar surface area (TPSA) is 42.8 Å². The Labute approximate surface area is 151 Å². The van der Waals surface area contributed by atoms with Gasteiger partial charge in [0.25, 0.3) is 5.91 Å². The van der Waals surface area contributed by atoms with Crippen LogP contribution in [-0.2, 0) is 4.74 Å². The van der Waals surface area contributed by atoms with Crippen molar-refractivity contribution < 1.29 is 14.4 Å². The lowest BCUT2D eigenvalue weighted by molar-refractivity contribution is -0.939. The highest BCUT2D eigenvalue weighted by Crippen LogP contribution is 2.20. The molecule has 0 spiro atoms. The lowest BCUT2D eigenvalue weighted by atomic mass is 10.0. The van der Waals surface area contributed by atoms with E-state index in [2.05, 4.69) is 29.8 Å². The van der Waals surface area contributed by atoms with E-state index in [9.17, 15) is 4.79 Å². The number of ether oxygens (including phenoxy) is 1. The van der Waals surface area contributed by atoms with E-state index in [0.717, 1.165) is 26.3 Å². The molecule has 2 heterocycles. The molecule has 1 aliphatic heterocycles. The van der Waals surface area contributed by atoms with Gasteiger partial charge in [-0.2, -0.15) is 0 Å². The largest absolute Gasteiger partial charge is 0.370 e. The number of carbonyl (C=O) groups is 1. The van der Waals surface area contributed by atoms with Crippen LogP contribution in [0.2, 0.25) is 5.02 Å². The minimum Gasteiger partial charge on any atom is -0.370 e. The molecular formula is C18H22ClN2O2S+. The van der Waals surface area contributed by atoms with Crippen LogP contribution in [-0.4, -0.2) is 38.3 Å². The minimum atomic E-state index is -0.0617. The SMILES string of the molecule is C[C@H](NC(=O)c1ccc(Cl)cc1)[C@H](c1cccs1)[NH+]1CCOCC1. The van der Waals surface area contributed by atoms with Crippen LogP contribution in [0.1, 0.15) is 28.2 Å². The first-order chi connectivity index (χ1) is 11.6. The third-order valence-electron chi connectivity index (χ3n) is 4.39. The summed E-state index contributed by atoms with van der Waals surface area (Å²) < 4.78 is 5.49. The van der Waals surface area contributed by atoms with E-state index in [0.29, 0.717) is 10.6 Å². The van der Waals surface area contributed by atoms with Gasteiger partial charge in [-0.15, -0.1) is 11.3 Å². The number of hydrogen-bond donors (Lipinski definition) is 2. The molecule has 2 atom stereocenters. The summed E-state index contributed by atoms with van der Waals surface area (Å²) in [5.74, 6) is -0.0617. The Hall–Kier alpha value is -1.40. The normalized spacial score (nSPS) is 18.1. The summed E-state index contributed by atoms with van der Waals surface area (Å²) in [6, 6.07) is 11.5. The molecule has 0 aliphatic carbocycles. The molecule has 0 bridgehead atoms. The average molecular weight is 366 g/mol. The van der Waals surface area contributed by atoms with Crippen molar-refractivity contribution in [2.24, 2.45) is 0 Å². The zero-order valence-corrected chi connectivity index (χ0v) is 15.2. The molecule has 0 unspecified atom stereocenters. The predicted octanol–water partition coefficient (Wildman–Crippen LogP) is 2.18. The molecule has 2 aromatic rings. The van der Waals surface area contributed by atoms with Crippen molar-refractivity contribution in [2.75, 3.05) is 26.3 Å². The van der Waals surface area contributed by atoms with Crippen LogP contribution >= 0.6 is 22.9 Å². The van der Waals surface area contributed by atoms with Gasteiger partial charge in [0.15, 0.2) is 0 Å². The van der Waals surface area contributed by atoms with Gasteiger partial charge in [-0.3, -0.25) is 4.79 Å². The highest BCUT2D eigenvalue weighted by Gasteiger charge is 2.33. The number of hydrogen-bond acceptors (Lipinski definition) is 3. The number of nitrogens with one attached hydrogen (secondary N) is 2. The Morgan fingerprint density at radius 1 is 1.25 bits per heavy atom. The van der Waals surface area contributed by atoms with E-state index in [4.69, 9.17) is 16.3 Å². The maximum atomic E-state index is 12.5. The van der Waals surface area contributed by atoms with Crippen molar-refractivity contribution in [3.8, 4) is 0 Å². The van der Waals surface area contributed by atoms with Gasteiger partial charge in [0.2, 0.25) is 0 Å². The molecule has 24 heavy (non-hydrogen) atoms. The summed E-state index contributed by atoms with van der Waals surface area (Å²) in [7, 11) is 0. The number of carbonyl (C=O) groups excluding carboxylic acids is 1. The molecule has 2 N–H and O–H groups in total. The van der Waals surface area contributed by atoms with Crippen molar-refractivity contribution in [1.82, 2.24) is 5.32 Å². The number of quaternary nitrogens is 1. The molecule has 1 aromatic carbocycles. The summed E-state index contributed by atoms with van der Waals surface area (Å²) >= 11 is 7.64. The fourth-order valence-electron chi connectivity index (χ4n) is 3.19. The van der Waals surface area contributed by atoms with Gasteiger partial charge >= 0.3 is 0 Å². The summed E-state index contributed by atoms with van der Waals surface area (Å²) in [5, 5.41) is 5.89. The van der Waals surface area contributed by atoms with Crippen molar-refractivity contribution >= 4 is 28.8 Å². The summed E-state index contributed by atoms with van der Waals surface area (Å²) in [4.78, 5) is 15.3. The van der Waals surface area contributed by atoms with E-state index < -0.39 is 0 Å². The van der Waals surface area contributed by atoms with Crippen molar-refractivity contribution in [3.63, 3.8) is 0 Å². The van der Waals surface area contributed by atoms with Crippen molar-refractivity contribution in [2.45, 2.75) is 19.0 Å². The highest BCUT2D eigenvalue weighted by molar-refractivity contribution is 7.10. The van der Waals surface area contributed by atoms with E-state index in [1.54, 1.807) is 35.6 Å². The Bertz CT molecular complexity index is 654. The second kappa shape index (κ2) is 8.12. The van der Waals surface area contributed by atoms with Gasteiger partial charge in [0.05, 0.1) is 24.1 Å². The second-order valence-electron chi connectivity index (χ2n) is 6.03. The zero-order valence-electron chi connectivity index (χ0n) is 13.6. The molecule has 0 saturated carbocycles. The zero-order chi connectivity index (χ0) is 16.9. The maximum absolute atomic E-state index is 12.5. The summed E-state index contributed by atoms with van der Waals surface area (Å²) in [5.41, 5.74) is 0.633. The second-order valence-corrected chi connectivity index (χ2v) is 7.45. The molecule has 1 fully saturated rings. The number of morpholine rings is 1. The van der Waals surface area contributed by atoms with Crippen LogP contribution < -0.4 is 10.2 Å². The molecule has 1 amide bonds. The molecule has 1 saturated heterocycles. The molecule has 128 valence electrons. The number of amides is 1. The third kappa shape index (κ3) is 4.16. The molecule has 4 nitrogen and oxygen atoms in total. The average Bonchev–Trinajstić information content (AvgIpc) is 3.10. The molecule has 1 aliphatic rings. The fraction of sp³-hybridized carbons (Fsp3) is 0.389. The van der Waals surface area contributed by atoms with Gasteiger partial charge in [-0.1, -0.05) is 17.7 Å². The van der Waals surface area contributed by atoms with Crippen LogP contribution in [0.5, 0.6) is 0 Å². The lowest BCUT2D eigenvalue weighted by Gasteiger charge is -2.34. The fourth-order valence-corrected chi connectivity index (χ4v) is 4.30. The predicted molar refractivity (Wildman–Crippen MR) is 97.0 cm³/mol. The summed E-state index contributed by atoms with van der Waals surface area (Å²) in [6.45, 7) is 5.55. The van der Waals surface area contributed by atoms with E-state index in [1.807, 2.05) is 0 Å². The quantitative estimate of drug-likeness (QED) is 0.852. The van der Waals surface area contributed by atoms with Crippen LogP contribution in [0.25, 0.3) is 0 Å². The van der Waals surface area contributed by atoms with Crippen molar-refractivity contribution in [3.05, 3.63) is 57.2 Å². The van der Waals surface area contributed by atoms with Gasteiger partial charge in [0, 0.05) is 10.6 Å². The molecule has 3 rings (SSSR count). The Morgan fingerprint density at radius 2 is 1.96 bits per heavy atom. The maximum Gasteiger partial charge on any atom is 0.251 e. The van der Waals surface area contributed by atoms with E-state index in [-0.39, 0.29) is 18.0 Å². The van der Waals surface area contributed by atoms with Gasteiger partial charge < -0.3 is 15.0 Å². The number of benzene rings is 1. The Morgan fingerprint density at radius 3 is 2.58 bits per heavy atom. The lowest BCUT2D eigenvalue weighted by Crippen LogP contribution is -3.15. The van der Waals surface area contributed by atoms with Gasteiger partial charge in [-0.05, 0) is 42.6 Å². The monoisotopic (exact) mass is 365 g/mol. The standard InChI is InChI=1S/C18H21ClN2O2S/c1-13(20-18(22)14-4-6-15(19)7-5-14)17(16-3-2-12-24-16)21-8-10-23-11-9-21/h2-7,12-13,17H,8-11H2,1H3,(H,20,22)/p+1/t13-,17+/m0/s1. The van der Waals surface area contributed by atoms with E-state index in [1.165, 1.54) is 9.78 Å². The number of rotatable bonds is 5. The molecule has 1 aromatic heterocycles. The van der Waals surface area contributed by atoms with E-state index >= 15 is 0 Å². The van der Waals surface area contributed by atoms with Gasteiger partial charge in [0.1, 0.15) is 19.1 Å². The molecule has 6 heteroatoms. The number of thiophene rings is 1. The van der Waals surface area contributed by atoms with Crippen LogP contribution in [0.4, 0.5) is 0 Å².